The molecule has 0 radical (unpaired) electrons. The van der Waals surface area contributed by atoms with Crippen LogP contribution in [0, 0.1) is 11.6 Å². The minimum absolute atomic E-state index is 0.243. The Balaban J connectivity index is 0.000000233. The first-order valence-corrected chi connectivity index (χ1v) is 41.6. The van der Waals surface area contributed by atoms with E-state index in [-0.39, 0.29) is 22.5 Å². The second-order valence-corrected chi connectivity index (χ2v) is 43.7. The van der Waals surface area contributed by atoms with E-state index < -0.39 is 0 Å². The molecule has 3 aromatic carbocycles. The zero-order valence-electron chi connectivity index (χ0n) is 27.6. The molecule has 0 amide bonds. The van der Waals surface area contributed by atoms with Gasteiger partial charge in [-0.3, -0.25) is 14.0 Å². The zero-order chi connectivity index (χ0) is 40.7. The van der Waals surface area contributed by atoms with Crippen LogP contribution in [-0.2, 0) is 191 Å². The molecule has 0 aliphatic heterocycles. The van der Waals surface area contributed by atoms with Crippen molar-refractivity contribution in [1.29, 1.82) is 0 Å². The lowest BCUT2D eigenvalue weighted by Gasteiger charge is -2.14. The Bertz CT molecular complexity index is 3550. The van der Waals surface area contributed by atoms with Crippen LogP contribution in [0.3, 0.4) is 0 Å². The summed E-state index contributed by atoms with van der Waals surface area (Å²) in [4.78, 5) is 36.6. The first-order valence-electron chi connectivity index (χ1n) is 14.9. The second kappa shape index (κ2) is 25.0. The summed E-state index contributed by atoms with van der Waals surface area (Å²) in [6.45, 7) is 0. The first kappa shape index (κ1) is 47.1. The van der Waals surface area contributed by atoms with Crippen LogP contribution in [0.15, 0.2) is 101 Å². The number of para-hydroxylation sites is 1. The number of pyridine rings is 4. The van der Waals surface area contributed by atoms with Crippen molar-refractivity contribution in [3.63, 3.8) is 0 Å². The van der Waals surface area contributed by atoms with Crippen LogP contribution in [0.4, 0.5) is 8.78 Å². The van der Waals surface area contributed by atoms with Crippen LogP contribution in [0.25, 0.3) is 60.9 Å². The molecule has 302 valence electrons. The molecule has 7 aromatic rings. The fourth-order valence-corrected chi connectivity index (χ4v) is 51.8. The third kappa shape index (κ3) is 12.8. The van der Waals surface area contributed by atoms with Crippen molar-refractivity contribution in [2.45, 2.75) is 0 Å². The van der Waals surface area contributed by atoms with Crippen LogP contribution < -0.4 is 10.9 Å². The minimum atomic E-state index is -0.364. The maximum absolute atomic E-state index is 13.5. The maximum atomic E-state index is 13.5. The van der Waals surface area contributed by atoms with E-state index in [1.165, 1.54) is 42.0 Å². The van der Waals surface area contributed by atoms with Crippen molar-refractivity contribution in [3.8, 4) is 22.5 Å². The normalized spacial score (nSPS) is 10.2. The molecule has 7 rings (SSSR count). The van der Waals surface area contributed by atoms with Crippen molar-refractivity contribution >= 4 is 229 Å². The van der Waals surface area contributed by atoms with E-state index in [0.717, 1.165) is 0 Å². The van der Waals surface area contributed by atoms with Gasteiger partial charge in [0.2, 0.25) is 0 Å². The average Bonchev–Trinajstić information content (AvgIpc) is 3.25. The largest absolute Gasteiger partial charge is 0.288 e. The summed E-state index contributed by atoms with van der Waals surface area (Å²) in [6.07, 6.45) is 0. The molecule has 0 aliphatic rings. The molecule has 5 nitrogen and oxygen atoms in total. The van der Waals surface area contributed by atoms with Crippen molar-refractivity contribution in [1.82, 2.24) is 14.4 Å². The highest BCUT2D eigenvalue weighted by Crippen LogP contribution is 2.29. The van der Waals surface area contributed by atoms with Gasteiger partial charge in [0.05, 0.1) is 27.7 Å². The fourth-order valence-electron chi connectivity index (χ4n) is 5.10. The van der Waals surface area contributed by atoms with Crippen molar-refractivity contribution in [3.05, 3.63) is 123 Å². The Morgan fingerprint density at radius 3 is 1.07 bits per heavy atom. The number of aromatic nitrogens is 3. The van der Waals surface area contributed by atoms with Gasteiger partial charge in [0.25, 0.3) is 0 Å². The summed E-state index contributed by atoms with van der Waals surface area (Å²) in [5.41, 5.74) is 3.06. The third-order valence-electron chi connectivity index (χ3n) is 7.19. The van der Waals surface area contributed by atoms with Crippen molar-refractivity contribution in [2.24, 2.45) is 0 Å². The van der Waals surface area contributed by atoms with Crippen molar-refractivity contribution in [2.75, 3.05) is 0 Å². The lowest BCUT2D eigenvalue weighted by molar-refractivity contribution is 0.627. The summed E-state index contributed by atoms with van der Waals surface area (Å²) < 4.78 is 28.8. The van der Waals surface area contributed by atoms with Gasteiger partial charge < -0.3 is 0 Å². The number of hydrogen-bond acceptors (Lipinski definition) is 6. The SMILES string of the molecule is O=c1c2ccc(-c3ccc(F)cc3)nc2n2c3nc(-c4ccc(F)cc4)ccc3c(=O)c3cccc1c32.S=S=S=S=S=S=S=S=S=S=S=S=S=S=S=S=S=S=S=S=S. The van der Waals surface area contributed by atoms with Crippen LogP contribution in [0.2, 0.25) is 0 Å². The molecule has 28 heteroatoms. The second-order valence-electron chi connectivity index (χ2n) is 10.1. The maximum Gasteiger partial charge on any atom is 0.198 e. The summed E-state index contributed by atoms with van der Waals surface area (Å²) in [6, 6.07) is 23.8. The zero-order valence-corrected chi connectivity index (χ0v) is 44.8. The number of fused-ring (bicyclic) bond motifs is 4. The molecule has 0 spiro atoms. The molecule has 0 aliphatic carbocycles. The summed E-state index contributed by atoms with van der Waals surface area (Å²) in [5.74, 6) is -0.729. The highest BCUT2D eigenvalue weighted by Gasteiger charge is 2.19. The number of benzene rings is 3. The third-order valence-corrected chi connectivity index (χ3v) is 47.2. The van der Waals surface area contributed by atoms with Gasteiger partial charge in [0.1, 0.15) is 11.6 Å². The van der Waals surface area contributed by atoms with Crippen LogP contribution >= 0.6 is 0 Å². The summed E-state index contributed by atoms with van der Waals surface area (Å²) in [5, 5.41) is 1.50. The number of hydrogen-bond donors (Lipinski definition) is 0. The first-order chi connectivity index (χ1) is 28.4. The standard InChI is InChI=1S/C30H15F2N3O2.S21/c31-18-8-4-16(5-9-18)24-14-12-22-27(36)20-2-1-3-21-26(20)35(29(22)33-24)30-23(28(21)37)13-15-25(34-30)17-6-10-19(32)11-7-17;1-3-5-7-9-11-13-15-17-19-21-20-18-16-14-12-10-8-6-4-2/h1-15H;. The summed E-state index contributed by atoms with van der Waals surface area (Å²) >= 11 is 9.52. The molecule has 0 saturated carbocycles. The van der Waals surface area contributed by atoms with E-state index in [4.69, 9.17) is 32.3 Å². The van der Waals surface area contributed by atoms with E-state index in [9.17, 15) is 18.4 Å². The van der Waals surface area contributed by atoms with Crippen LogP contribution in [-0.4, -0.2) is 14.4 Å². The lowest BCUT2D eigenvalue weighted by Crippen LogP contribution is -2.15. The molecular formula is C30H15F2N3O2S21. The number of halogens is 2. The Hall–Kier alpha value is -0.420. The van der Waals surface area contributed by atoms with E-state index in [1.807, 2.05) is 0 Å². The minimum Gasteiger partial charge on any atom is -0.288 e. The monoisotopic (exact) mass is 1160 g/mol. The molecular weight excluding hydrogens is 1150 g/mol. The molecule has 0 saturated heterocycles. The van der Waals surface area contributed by atoms with Gasteiger partial charge in [0, 0.05) is 213 Å². The molecule has 0 atom stereocenters. The highest BCUT2D eigenvalue weighted by atomic mass is 33.5. The smallest absolute Gasteiger partial charge is 0.198 e. The van der Waals surface area contributed by atoms with E-state index in [2.05, 4.69) is 0 Å². The van der Waals surface area contributed by atoms with E-state index in [1.54, 1.807) is 222 Å². The Labute approximate surface area is 392 Å². The molecule has 0 N–H and O–H groups in total. The molecule has 4 aromatic heterocycles. The van der Waals surface area contributed by atoms with Gasteiger partial charge in [-0.05, 0) is 84.9 Å². The Morgan fingerprint density at radius 1 is 0.414 bits per heavy atom. The topological polar surface area (TPSA) is 64.3 Å². The molecule has 0 unspecified atom stereocenters. The Kier molecular flexibility index (Phi) is 20.3. The van der Waals surface area contributed by atoms with Crippen LogP contribution in [0.1, 0.15) is 0 Å². The summed E-state index contributed by atoms with van der Waals surface area (Å²) in [7, 11) is 32.6. The molecule has 4 heterocycles. The van der Waals surface area contributed by atoms with Gasteiger partial charge in [-0.15, -0.1) is 0 Å². The number of nitrogens with zero attached hydrogens (tertiary/aromatic N) is 3. The quantitative estimate of drug-likeness (QED) is 0.159. The van der Waals surface area contributed by atoms with Gasteiger partial charge in [-0.25, -0.2) is 18.7 Å². The molecule has 0 fully saturated rings. The molecule has 0 bridgehead atoms. The fraction of sp³-hybridized carbons (Fsp3) is 0. The van der Waals surface area contributed by atoms with Crippen molar-refractivity contribution < 1.29 is 8.78 Å². The van der Waals surface area contributed by atoms with E-state index in [0.29, 0.717) is 60.9 Å². The molecule has 58 heavy (non-hydrogen) atoms. The highest BCUT2D eigenvalue weighted by molar-refractivity contribution is 8.78. The average molecular weight is 1160 g/mol. The predicted octanol–water partition coefficient (Wildman–Crippen LogP) is 5.91. The van der Waals surface area contributed by atoms with Gasteiger partial charge in [-0.2, -0.15) is 0 Å². The Morgan fingerprint density at radius 2 is 0.741 bits per heavy atom. The lowest BCUT2D eigenvalue weighted by atomic mass is 10.0. The van der Waals surface area contributed by atoms with Gasteiger partial charge in [0.15, 0.2) is 22.2 Å². The van der Waals surface area contributed by atoms with E-state index >= 15 is 0 Å². The van der Waals surface area contributed by atoms with Gasteiger partial charge in [-0.1, -0.05) is 6.07 Å². The number of rotatable bonds is 2. The van der Waals surface area contributed by atoms with Crippen LogP contribution in [0.5, 0.6) is 0 Å². The van der Waals surface area contributed by atoms with Gasteiger partial charge >= 0.3 is 0 Å². The predicted molar refractivity (Wildman–Crippen MR) is 295 cm³/mol.